The lowest BCUT2D eigenvalue weighted by atomic mass is 9.91. The molecule has 1 aliphatic rings. The van der Waals surface area contributed by atoms with Gasteiger partial charge in [-0.15, -0.1) is 11.8 Å². The summed E-state index contributed by atoms with van der Waals surface area (Å²) in [6.07, 6.45) is 5.67. The number of halogens is 1. The van der Waals surface area contributed by atoms with Crippen molar-refractivity contribution in [3.05, 3.63) is 90.0 Å². The summed E-state index contributed by atoms with van der Waals surface area (Å²) in [7, 11) is 0. The Bertz CT molecular complexity index is 926. The number of benzene rings is 2. The molecule has 0 saturated heterocycles. The molecule has 0 spiro atoms. The Labute approximate surface area is 156 Å². The van der Waals surface area contributed by atoms with Gasteiger partial charge in [-0.25, -0.2) is 4.39 Å². The molecule has 3 aromatic rings. The molecular formula is C21H18FN3S. The molecule has 1 aliphatic heterocycles. The quantitative estimate of drug-likeness (QED) is 0.614. The summed E-state index contributed by atoms with van der Waals surface area (Å²) >= 11 is 1.71. The van der Waals surface area contributed by atoms with Crippen LogP contribution in [0.5, 0.6) is 0 Å². The van der Waals surface area contributed by atoms with E-state index in [1.165, 1.54) is 17.0 Å². The molecule has 0 N–H and O–H groups in total. The van der Waals surface area contributed by atoms with Crippen LogP contribution < -0.4 is 5.01 Å². The molecule has 1 unspecified atom stereocenters. The van der Waals surface area contributed by atoms with Crippen LogP contribution in [0.1, 0.15) is 17.0 Å². The van der Waals surface area contributed by atoms with Gasteiger partial charge in [0.15, 0.2) is 0 Å². The van der Waals surface area contributed by atoms with Crippen LogP contribution in [0.3, 0.4) is 0 Å². The second kappa shape index (κ2) is 7.30. The number of anilines is 1. The van der Waals surface area contributed by atoms with Crippen molar-refractivity contribution >= 4 is 23.2 Å². The summed E-state index contributed by atoms with van der Waals surface area (Å²) in [5, 5.41) is 6.97. The van der Waals surface area contributed by atoms with Gasteiger partial charge in [-0.2, -0.15) is 5.10 Å². The maximum atomic E-state index is 13.4. The molecule has 1 atom stereocenters. The summed E-state index contributed by atoms with van der Waals surface area (Å²) in [4.78, 5) is 5.31. The first-order chi connectivity index (χ1) is 12.8. The number of pyridine rings is 1. The number of rotatable bonds is 4. The first kappa shape index (κ1) is 16.8. The molecule has 26 heavy (non-hydrogen) atoms. The fourth-order valence-corrected chi connectivity index (χ4v) is 3.83. The van der Waals surface area contributed by atoms with Gasteiger partial charge in [0.25, 0.3) is 0 Å². The van der Waals surface area contributed by atoms with Crippen LogP contribution in [0, 0.1) is 5.82 Å². The average Bonchev–Trinajstić information content (AvgIpc) is 3.14. The SMILES string of the molecule is CSc1ccccc1N1CC(c2ccncc2)C(c2ccc(F)cc2)=N1. The summed E-state index contributed by atoms with van der Waals surface area (Å²) in [5.41, 5.74) is 4.15. The number of aromatic nitrogens is 1. The molecule has 2 aromatic carbocycles. The second-order valence-corrected chi connectivity index (χ2v) is 6.93. The van der Waals surface area contributed by atoms with Crippen LogP contribution in [-0.4, -0.2) is 23.5 Å². The van der Waals surface area contributed by atoms with Crippen LogP contribution >= 0.6 is 11.8 Å². The summed E-state index contributed by atoms with van der Waals surface area (Å²) in [6, 6.07) is 18.9. The first-order valence-electron chi connectivity index (χ1n) is 8.41. The smallest absolute Gasteiger partial charge is 0.123 e. The first-order valence-corrected chi connectivity index (χ1v) is 9.63. The summed E-state index contributed by atoms with van der Waals surface area (Å²) in [6.45, 7) is 0.744. The van der Waals surface area contributed by atoms with E-state index < -0.39 is 0 Å². The largest absolute Gasteiger partial charge is 0.265 e. The van der Waals surface area contributed by atoms with E-state index >= 15 is 0 Å². The molecule has 0 aliphatic carbocycles. The maximum Gasteiger partial charge on any atom is 0.123 e. The lowest BCUT2D eigenvalue weighted by Crippen LogP contribution is -2.18. The third kappa shape index (κ3) is 3.22. The molecule has 2 heterocycles. The van der Waals surface area contributed by atoms with Gasteiger partial charge in [0, 0.05) is 23.2 Å². The third-order valence-electron chi connectivity index (χ3n) is 4.53. The molecule has 5 heteroatoms. The Hall–Kier alpha value is -2.66. The minimum atomic E-state index is -0.239. The second-order valence-electron chi connectivity index (χ2n) is 6.08. The molecule has 0 fully saturated rings. The zero-order valence-corrected chi connectivity index (χ0v) is 15.2. The molecule has 0 saturated carbocycles. The molecule has 4 rings (SSSR count). The minimum Gasteiger partial charge on any atom is -0.265 e. The Morgan fingerprint density at radius 2 is 1.73 bits per heavy atom. The van der Waals surface area contributed by atoms with Crippen LogP contribution in [0.4, 0.5) is 10.1 Å². The Balaban J connectivity index is 1.78. The fourth-order valence-electron chi connectivity index (χ4n) is 3.23. The van der Waals surface area contributed by atoms with Gasteiger partial charge in [-0.05, 0) is 53.8 Å². The number of thioether (sulfide) groups is 1. The van der Waals surface area contributed by atoms with Gasteiger partial charge in [-0.3, -0.25) is 9.99 Å². The van der Waals surface area contributed by atoms with Crippen molar-refractivity contribution in [3.8, 4) is 0 Å². The van der Waals surface area contributed by atoms with Crippen molar-refractivity contribution in [1.29, 1.82) is 0 Å². The highest BCUT2D eigenvalue weighted by Crippen LogP contribution is 2.35. The Morgan fingerprint density at radius 1 is 1.00 bits per heavy atom. The van der Waals surface area contributed by atoms with E-state index in [2.05, 4.69) is 28.4 Å². The minimum absolute atomic E-state index is 0.110. The molecule has 0 bridgehead atoms. The molecular weight excluding hydrogens is 345 g/mol. The monoisotopic (exact) mass is 363 g/mol. The molecule has 3 nitrogen and oxygen atoms in total. The molecule has 0 radical (unpaired) electrons. The molecule has 1 aromatic heterocycles. The topological polar surface area (TPSA) is 28.5 Å². The Morgan fingerprint density at radius 3 is 2.46 bits per heavy atom. The van der Waals surface area contributed by atoms with E-state index in [-0.39, 0.29) is 11.7 Å². The van der Waals surface area contributed by atoms with Gasteiger partial charge in [0.05, 0.1) is 17.9 Å². The van der Waals surface area contributed by atoms with Crippen molar-refractivity contribution < 1.29 is 4.39 Å². The number of hydrazone groups is 1. The maximum absolute atomic E-state index is 13.4. The van der Waals surface area contributed by atoms with E-state index in [9.17, 15) is 4.39 Å². The zero-order valence-electron chi connectivity index (χ0n) is 14.3. The highest BCUT2D eigenvalue weighted by Gasteiger charge is 2.30. The highest BCUT2D eigenvalue weighted by molar-refractivity contribution is 7.98. The fraction of sp³-hybridized carbons (Fsp3) is 0.143. The van der Waals surface area contributed by atoms with Crippen LogP contribution in [0.2, 0.25) is 0 Å². The van der Waals surface area contributed by atoms with Gasteiger partial charge in [0.2, 0.25) is 0 Å². The number of hydrogen-bond donors (Lipinski definition) is 0. The van der Waals surface area contributed by atoms with Gasteiger partial charge in [-0.1, -0.05) is 24.3 Å². The highest BCUT2D eigenvalue weighted by atomic mass is 32.2. The van der Waals surface area contributed by atoms with Crippen molar-refractivity contribution in [2.24, 2.45) is 5.10 Å². The normalized spacial score (nSPS) is 16.6. The van der Waals surface area contributed by atoms with E-state index in [4.69, 9.17) is 5.10 Å². The predicted octanol–water partition coefficient (Wildman–Crippen LogP) is 4.95. The molecule has 0 amide bonds. The standard InChI is InChI=1S/C21H18FN3S/c1-26-20-5-3-2-4-19(20)25-14-18(15-10-12-23-13-11-15)21(24-25)16-6-8-17(22)9-7-16/h2-13,18H,14H2,1H3. The van der Waals surface area contributed by atoms with Crippen LogP contribution in [0.25, 0.3) is 0 Å². The average molecular weight is 363 g/mol. The number of hydrogen-bond acceptors (Lipinski definition) is 4. The van der Waals surface area contributed by atoms with Gasteiger partial charge >= 0.3 is 0 Å². The van der Waals surface area contributed by atoms with Crippen molar-refractivity contribution in [3.63, 3.8) is 0 Å². The summed E-state index contributed by atoms with van der Waals surface area (Å²) < 4.78 is 13.4. The van der Waals surface area contributed by atoms with Crippen molar-refractivity contribution in [2.75, 3.05) is 17.8 Å². The zero-order chi connectivity index (χ0) is 17.9. The van der Waals surface area contributed by atoms with Crippen LogP contribution in [-0.2, 0) is 0 Å². The van der Waals surface area contributed by atoms with Crippen molar-refractivity contribution in [2.45, 2.75) is 10.8 Å². The number of nitrogens with zero attached hydrogens (tertiary/aromatic N) is 3. The van der Waals surface area contributed by atoms with Gasteiger partial charge in [0.1, 0.15) is 5.82 Å². The summed E-state index contributed by atoms with van der Waals surface area (Å²) in [5.74, 6) is -0.129. The van der Waals surface area contributed by atoms with Gasteiger partial charge < -0.3 is 0 Å². The molecule has 130 valence electrons. The lowest BCUT2D eigenvalue weighted by molar-refractivity contribution is 0.627. The number of para-hydroxylation sites is 1. The van der Waals surface area contributed by atoms with Crippen molar-refractivity contribution in [1.82, 2.24) is 4.98 Å². The lowest BCUT2D eigenvalue weighted by Gasteiger charge is -2.18. The Kier molecular flexibility index (Phi) is 4.71. The van der Waals surface area contributed by atoms with E-state index in [1.807, 2.05) is 24.3 Å². The predicted molar refractivity (Wildman–Crippen MR) is 105 cm³/mol. The van der Waals surface area contributed by atoms with E-state index in [0.29, 0.717) is 0 Å². The van der Waals surface area contributed by atoms with E-state index in [0.717, 1.165) is 29.1 Å². The van der Waals surface area contributed by atoms with E-state index in [1.54, 1.807) is 36.3 Å². The third-order valence-corrected chi connectivity index (χ3v) is 5.31. The van der Waals surface area contributed by atoms with Crippen LogP contribution in [0.15, 0.2) is 83.1 Å².